The maximum Gasteiger partial charge on any atom is 0.163 e. The van der Waals surface area contributed by atoms with E-state index in [-0.39, 0.29) is 6.10 Å². The fourth-order valence-electron chi connectivity index (χ4n) is 1.87. The Kier molecular flexibility index (Phi) is 4.86. The molecule has 7 nitrogen and oxygen atoms in total. The van der Waals surface area contributed by atoms with Gasteiger partial charge in [-0.25, -0.2) is 9.97 Å². The average Bonchev–Trinajstić information content (AvgIpc) is 2.83. The lowest BCUT2D eigenvalue weighted by Crippen LogP contribution is -2.17. The zero-order valence-corrected chi connectivity index (χ0v) is 12.4. The van der Waals surface area contributed by atoms with E-state index in [1.807, 2.05) is 27.9 Å². The van der Waals surface area contributed by atoms with Crippen LogP contribution >= 0.6 is 0 Å². The van der Waals surface area contributed by atoms with Crippen molar-refractivity contribution in [3.63, 3.8) is 0 Å². The summed E-state index contributed by atoms with van der Waals surface area (Å²) in [7, 11) is 3.69. The monoisotopic (exact) mass is 279 g/mol. The smallest absolute Gasteiger partial charge is 0.163 e. The summed E-state index contributed by atoms with van der Waals surface area (Å²) >= 11 is 0. The first-order valence-corrected chi connectivity index (χ1v) is 6.71. The molecule has 0 saturated heterocycles. The molecule has 0 aromatic carbocycles. The molecule has 7 heteroatoms. The molecule has 0 radical (unpaired) electrons. The second-order valence-electron chi connectivity index (χ2n) is 4.52. The first-order chi connectivity index (χ1) is 9.65. The Labute approximate surface area is 118 Å². The number of nitrogens with one attached hydrogen (secondary N) is 1. The Balaban J connectivity index is 2.12. The van der Waals surface area contributed by atoms with Crippen LogP contribution in [0.4, 0.5) is 5.82 Å². The number of aryl methyl sites for hydroxylation is 1. The van der Waals surface area contributed by atoms with Crippen LogP contribution in [0.15, 0.2) is 6.20 Å². The van der Waals surface area contributed by atoms with E-state index in [2.05, 4.69) is 20.4 Å². The fraction of sp³-hybridized carbons (Fsp3) is 0.615. The van der Waals surface area contributed by atoms with Crippen molar-refractivity contribution in [3.05, 3.63) is 12.0 Å². The molecule has 0 bridgehead atoms. The van der Waals surface area contributed by atoms with Gasteiger partial charge >= 0.3 is 0 Å². The van der Waals surface area contributed by atoms with Crippen molar-refractivity contribution >= 4 is 16.9 Å². The Morgan fingerprint density at radius 2 is 2.20 bits per heavy atom. The minimum atomic E-state index is 0.0128. The molecule has 0 aliphatic rings. The molecule has 1 N–H and O–H groups in total. The van der Waals surface area contributed by atoms with E-state index in [4.69, 9.17) is 9.47 Å². The highest BCUT2D eigenvalue weighted by Crippen LogP contribution is 2.19. The van der Waals surface area contributed by atoms with Gasteiger partial charge in [0, 0.05) is 20.7 Å². The van der Waals surface area contributed by atoms with Crippen molar-refractivity contribution in [2.75, 3.05) is 25.6 Å². The summed E-state index contributed by atoms with van der Waals surface area (Å²) in [5.74, 6) is 1.40. The second-order valence-corrected chi connectivity index (χ2v) is 4.52. The highest BCUT2D eigenvalue weighted by molar-refractivity contribution is 5.86. The standard InChI is InChI=1S/C13H21N5O2/c1-5-19-7-9(2)20-8-11-16-12(14-3)10-6-15-18(4)13(10)17-11/h6,9H,5,7-8H2,1-4H3,(H,14,16,17). The molecule has 0 amide bonds. The van der Waals surface area contributed by atoms with Gasteiger partial charge in [-0.05, 0) is 13.8 Å². The maximum atomic E-state index is 5.69. The van der Waals surface area contributed by atoms with Crippen molar-refractivity contribution in [3.8, 4) is 0 Å². The number of aromatic nitrogens is 4. The average molecular weight is 279 g/mol. The third-order valence-corrected chi connectivity index (χ3v) is 2.93. The lowest BCUT2D eigenvalue weighted by Gasteiger charge is -2.12. The number of hydrogen-bond acceptors (Lipinski definition) is 6. The molecule has 2 aromatic rings. The molecule has 1 atom stereocenters. The van der Waals surface area contributed by atoms with Gasteiger partial charge in [0.15, 0.2) is 11.5 Å². The minimum Gasteiger partial charge on any atom is -0.379 e. The Morgan fingerprint density at radius 1 is 1.40 bits per heavy atom. The molecule has 2 heterocycles. The van der Waals surface area contributed by atoms with Crippen LogP contribution in [0.25, 0.3) is 11.0 Å². The van der Waals surface area contributed by atoms with E-state index in [1.54, 1.807) is 10.9 Å². The van der Waals surface area contributed by atoms with Crippen molar-refractivity contribution in [2.45, 2.75) is 26.6 Å². The van der Waals surface area contributed by atoms with Crippen LogP contribution in [0.5, 0.6) is 0 Å². The quantitative estimate of drug-likeness (QED) is 0.824. The van der Waals surface area contributed by atoms with Crippen molar-refractivity contribution in [2.24, 2.45) is 7.05 Å². The van der Waals surface area contributed by atoms with Gasteiger partial charge in [0.05, 0.1) is 24.3 Å². The lowest BCUT2D eigenvalue weighted by atomic mass is 10.4. The molecule has 1 unspecified atom stereocenters. The van der Waals surface area contributed by atoms with Crippen LogP contribution in [0, 0.1) is 0 Å². The number of anilines is 1. The topological polar surface area (TPSA) is 74.1 Å². The molecular formula is C13H21N5O2. The molecule has 110 valence electrons. The van der Waals surface area contributed by atoms with Crippen molar-refractivity contribution < 1.29 is 9.47 Å². The third kappa shape index (κ3) is 3.23. The third-order valence-electron chi connectivity index (χ3n) is 2.93. The molecule has 2 aromatic heterocycles. The summed E-state index contributed by atoms with van der Waals surface area (Å²) in [6, 6.07) is 0. The largest absolute Gasteiger partial charge is 0.379 e. The molecule has 0 aliphatic heterocycles. The van der Waals surface area contributed by atoms with Crippen LogP contribution in [0.3, 0.4) is 0 Å². The predicted octanol–water partition coefficient (Wildman–Crippen LogP) is 1.35. The van der Waals surface area contributed by atoms with E-state index in [0.29, 0.717) is 25.6 Å². The van der Waals surface area contributed by atoms with Crippen molar-refractivity contribution in [1.82, 2.24) is 19.7 Å². The van der Waals surface area contributed by atoms with Crippen LogP contribution in [0.1, 0.15) is 19.7 Å². The zero-order valence-electron chi connectivity index (χ0n) is 12.4. The second kappa shape index (κ2) is 6.62. The number of hydrogen-bond donors (Lipinski definition) is 1. The van der Waals surface area contributed by atoms with Crippen LogP contribution in [0.2, 0.25) is 0 Å². The van der Waals surface area contributed by atoms with E-state index >= 15 is 0 Å². The van der Waals surface area contributed by atoms with Gasteiger partial charge < -0.3 is 14.8 Å². The highest BCUT2D eigenvalue weighted by atomic mass is 16.5. The molecule has 0 saturated carbocycles. The summed E-state index contributed by atoms with van der Waals surface area (Å²) in [6.07, 6.45) is 1.77. The number of fused-ring (bicyclic) bond motifs is 1. The van der Waals surface area contributed by atoms with Gasteiger partial charge in [-0.3, -0.25) is 4.68 Å². The Bertz CT molecular complexity index is 569. The molecule has 0 spiro atoms. The summed E-state index contributed by atoms with van der Waals surface area (Å²) in [5, 5.41) is 8.16. The van der Waals surface area contributed by atoms with Gasteiger partial charge in [0.2, 0.25) is 0 Å². The van der Waals surface area contributed by atoms with Crippen LogP contribution < -0.4 is 5.32 Å². The molecular weight excluding hydrogens is 258 g/mol. The fourth-order valence-corrected chi connectivity index (χ4v) is 1.87. The van der Waals surface area contributed by atoms with Crippen LogP contribution in [-0.4, -0.2) is 46.1 Å². The van der Waals surface area contributed by atoms with E-state index in [1.165, 1.54) is 0 Å². The number of ether oxygens (including phenoxy) is 2. The minimum absolute atomic E-state index is 0.0128. The first kappa shape index (κ1) is 14.7. The summed E-state index contributed by atoms with van der Waals surface area (Å²) in [4.78, 5) is 8.92. The van der Waals surface area contributed by atoms with Gasteiger partial charge in [-0.2, -0.15) is 5.10 Å². The highest BCUT2D eigenvalue weighted by Gasteiger charge is 2.11. The van der Waals surface area contributed by atoms with E-state index in [0.717, 1.165) is 16.9 Å². The van der Waals surface area contributed by atoms with E-state index in [9.17, 15) is 0 Å². The lowest BCUT2D eigenvalue weighted by molar-refractivity contribution is -0.0138. The zero-order chi connectivity index (χ0) is 14.5. The maximum absolute atomic E-state index is 5.69. The molecule has 2 rings (SSSR count). The summed E-state index contributed by atoms with van der Waals surface area (Å²) < 4.78 is 12.7. The molecule has 0 fully saturated rings. The Morgan fingerprint density at radius 3 is 2.90 bits per heavy atom. The number of nitrogens with zero attached hydrogens (tertiary/aromatic N) is 4. The molecule has 0 aliphatic carbocycles. The summed E-state index contributed by atoms with van der Waals surface area (Å²) in [6.45, 7) is 5.55. The van der Waals surface area contributed by atoms with Crippen LogP contribution in [-0.2, 0) is 23.1 Å². The van der Waals surface area contributed by atoms with E-state index < -0.39 is 0 Å². The molecule has 20 heavy (non-hydrogen) atoms. The Hall–Kier alpha value is -1.73. The van der Waals surface area contributed by atoms with Crippen molar-refractivity contribution in [1.29, 1.82) is 0 Å². The van der Waals surface area contributed by atoms with Gasteiger partial charge in [0.1, 0.15) is 12.4 Å². The van der Waals surface area contributed by atoms with Gasteiger partial charge in [-0.1, -0.05) is 0 Å². The summed E-state index contributed by atoms with van der Waals surface area (Å²) in [5.41, 5.74) is 0.792. The first-order valence-electron chi connectivity index (χ1n) is 6.71. The normalized spacial score (nSPS) is 12.8. The predicted molar refractivity (Wildman–Crippen MR) is 76.6 cm³/mol. The SMILES string of the molecule is CCOCC(C)OCc1nc(NC)c2cnn(C)c2n1. The van der Waals surface area contributed by atoms with Gasteiger partial charge in [-0.15, -0.1) is 0 Å². The van der Waals surface area contributed by atoms with Gasteiger partial charge in [0.25, 0.3) is 0 Å². The number of rotatable bonds is 7.